The molecule has 2 aliphatic heterocycles. The molecule has 2 aromatic carbocycles. The average molecular weight is 437 g/mol. The first-order valence-electron chi connectivity index (χ1n) is 10.9. The smallest absolute Gasteiger partial charge is 0.335 e. The van der Waals surface area contributed by atoms with Crippen LogP contribution in [0.5, 0.6) is 11.5 Å². The summed E-state index contributed by atoms with van der Waals surface area (Å²) < 4.78 is 10.7. The molecule has 1 amide bonds. The molecule has 0 radical (unpaired) electrons. The van der Waals surface area contributed by atoms with Gasteiger partial charge in [0.2, 0.25) is 12.7 Å². The molecular formula is C25H27NO6. The van der Waals surface area contributed by atoms with E-state index in [0.717, 1.165) is 36.1 Å². The third-order valence-electron chi connectivity index (χ3n) is 5.88. The molecule has 0 bridgehead atoms. The van der Waals surface area contributed by atoms with Crippen molar-refractivity contribution in [2.45, 2.75) is 44.2 Å². The number of nitrogens with zero attached hydrogens (tertiary/aromatic N) is 1. The first-order chi connectivity index (χ1) is 15.5. The Morgan fingerprint density at radius 1 is 1.12 bits per heavy atom. The fraction of sp³-hybridized carbons (Fsp3) is 0.360. The molecule has 2 atom stereocenters. The van der Waals surface area contributed by atoms with Crippen LogP contribution < -0.4 is 9.47 Å². The van der Waals surface area contributed by atoms with E-state index in [4.69, 9.17) is 14.6 Å². The van der Waals surface area contributed by atoms with Gasteiger partial charge in [-0.3, -0.25) is 4.79 Å². The molecule has 32 heavy (non-hydrogen) atoms. The van der Waals surface area contributed by atoms with E-state index in [1.54, 1.807) is 18.2 Å². The average Bonchev–Trinajstić information content (AvgIpc) is 3.39. The van der Waals surface area contributed by atoms with E-state index in [9.17, 15) is 14.7 Å². The molecule has 4 rings (SSSR count). The Hall–Kier alpha value is -3.32. The maximum atomic E-state index is 12.3. The van der Waals surface area contributed by atoms with E-state index >= 15 is 0 Å². The number of likely N-dealkylation sites (tertiary alicyclic amines) is 1. The Morgan fingerprint density at radius 2 is 1.88 bits per heavy atom. The van der Waals surface area contributed by atoms with Crippen LogP contribution in [0.3, 0.4) is 0 Å². The van der Waals surface area contributed by atoms with Crippen molar-refractivity contribution in [2.24, 2.45) is 0 Å². The minimum absolute atomic E-state index is 0.0108. The number of aromatic carboxylic acids is 1. The largest absolute Gasteiger partial charge is 0.478 e. The highest BCUT2D eigenvalue weighted by atomic mass is 16.7. The van der Waals surface area contributed by atoms with Crippen LogP contribution >= 0.6 is 0 Å². The Labute approximate surface area is 186 Å². The van der Waals surface area contributed by atoms with Crippen molar-refractivity contribution in [3.63, 3.8) is 0 Å². The molecule has 7 nitrogen and oxygen atoms in total. The Kier molecular flexibility index (Phi) is 6.75. The number of amides is 1. The zero-order valence-electron chi connectivity index (χ0n) is 17.8. The van der Waals surface area contributed by atoms with Gasteiger partial charge in [-0.15, -0.1) is 0 Å². The molecule has 2 heterocycles. The maximum absolute atomic E-state index is 12.3. The molecule has 1 unspecified atom stereocenters. The highest BCUT2D eigenvalue weighted by molar-refractivity contribution is 5.87. The van der Waals surface area contributed by atoms with Crippen molar-refractivity contribution < 1.29 is 29.3 Å². The number of aryl methyl sites for hydroxylation is 1. The summed E-state index contributed by atoms with van der Waals surface area (Å²) in [6, 6.07) is 12.5. The molecule has 7 heteroatoms. The van der Waals surface area contributed by atoms with E-state index in [0.29, 0.717) is 25.1 Å². The fourth-order valence-electron chi connectivity index (χ4n) is 4.15. The van der Waals surface area contributed by atoms with Crippen molar-refractivity contribution in [3.8, 4) is 11.5 Å². The van der Waals surface area contributed by atoms with Crippen LogP contribution in [0, 0.1) is 0 Å². The number of carbonyl (C=O) groups excluding carboxylic acids is 1. The van der Waals surface area contributed by atoms with Crippen LogP contribution in [0.4, 0.5) is 0 Å². The number of ether oxygens (including phenoxy) is 2. The van der Waals surface area contributed by atoms with E-state index in [-0.39, 0.29) is 24.3 Å². The molecule has 0 aromatic heterocycles. The van der Waals surface area contributed by atoms with Gasteiger partial charge in [-0.1, -0.05) is 30.4 Å². The van der Waals surface area contributed by atoms with Gasteiger partial charge in [-0.05, 0) is 54.7 Å². The summed E-state index contributed by atoms with van der Waals surface area (Å²) >= 11 is 0. The quantitative estimate of drug-likeness (QED) is 0.585. The second kappa shape index (κ2) is 9.87. The lowest BCUT2D eigenvalue weighted by Crippen LogP contribution is -2.33. The van der Waals surface area contributed by atoms with Crippen molar-refractivity contribution in [1.82, 2.24) is 4.90 Å². The van der Waals surface area contributed by atoms with Gasteiger partial charge >= 0.3 is 5.97 Å². The van der Waals surface area contributed by atoms with Gasteiger partial charge in [-0.25, -0.2) is 4.79 Å². The third-order valence-corrected chi connectivity index (χ3v) is 5.88. The second-order valence-electron chi connectivity index (χ2n) is 8.14. The molecular weight excluding hydrogens is 410 g/mol. The molecule has 1 saturated heterocycles. The Balaban J connectivity index is 1.28. The number of hydrogen-bond acceptors (Lipinski definition) is 5. The highest BCUT2D eigenvalue weighted by Crippen LogP contribution is 2.32. The van der Waals surface area contributed by atoms with E-state index in [1.807, 2.05) is 41.3 Å². The predicted octanol–water partition coefficient (Wildman–Crippen LogP) is 3.20. The molecule has 168 valence electrons. The number of aliphatic hydroxyl groups is 1. The highest BCUT2D eigenvalue weighted by Gasteiger charge is 2.28. The summed E-state index contributed by atoms with van der Waals surface area (Å²) in [5.74, 6) is 0.612. The van der Waals surface area contributed by atoms with Crippen molar-refractivity contribution >= 4 is 11.9 Å². The maximum Gasteiger partial charge on any atom is 0.335 e. The first-order valence-corrected chi connectivity index (χ1v) is 10.9. The van der Waals surface area contributed by atoms with Crippen LogP contribution in [0.15, 0.2) is 54.6 Å². The molecule has 2 aliphatic rings. The fourth-order valence-corrected chi connectivity index (χ4v) is 4.15. The number of aliphatic hydroxyl groups excluding tert-OH is 1. The summed E-state index contributed by atoms with van der Waals surface area (Å²) in [7, 11) is 0. The third kappa shape index (κ3) is 5.29. The Bertz CT molecular complexity index is 1000. The summed E-state index contributed by atoms with van der Waals surface area (Å²) in [5.41, 5.74) is 2.28. The number of carboxylic acid groups (broad SMARTS) is 1. The van der Waals surface area contributed by atoms with Gasteiger partial charge in [0.05, 0.1) is 17.7 Å². The summed E-state index contributed by atoms with van der Waals surface area (Å²) in [6.45, 7) is 0.854. The van der Waals surface area contributed by atoms with Gasteiger partial charge in [-0.2, -0.15) is 0 Å². The molecule has 2 N–H and O–H groups in total. The monoisotopic (exact) mass is 437 g/mol. The zero-order valence-corrected chi connectivity index (χ0v) is 17.8. The lowest BCUT2D eigenvalue weighted by Gasteiger charge is -2.22. The standard InChI is InChI=1S/C25H27NO6/c27-21(14-18-5-11-22-23(15-18)32-16-31-22)10-8-20-9-12-24(28)26(20)13-1-2-17-3-6-19(7-4-17)25(29)30/h3-8,10-11,15,20-21,27H,1-2,9,12-14,16H2,(H,29,30)/t20-,21?/m0/s1. The topological polar surface area (TPSA) is 96.3 Å². The Morgan fingerprint density at radius 3 is 2.66 bits per heavy atom. The van der Waals surface area contributed by atoms with E-state index in [1.165, 1.54) is 0 Å². The normalized spacial score (nSPS) is 18.5. The van der Waals surface area contributed by atoms with Crippen LogP contribution in [-0.4, -0.2) is 52.5 Å². The van der Waals surface area contributed by atoms with Crippen molar-refractivity contribution in [2.75, 3.05) is 13.3 Å². The number of fused-ring (bicyclic) bond motifs is 1. The van der Waals surface area contributed by atoms with Gasteiger partial charge < -0.3 is 24.6 Å². The summed E-state index contributed by atoms with van der Waals surface area (Å²) in [5, 5.41) is 19.4. The lowest BCUT2D eigenvalue weighted by molar-refractivity contribution is -0.128. The minimum atomic E-state index is -0.936. The van der Waals surface area contributed by atoms with E-state index < -0.39 is 12.1 Å². The minimum Gasteiger partial charge on any atom is -0.478 e. The van der Waals surface area contributed by atoms with Crippen LogP contribution in [-0.2, 0) is 17.6 Å². The number of rotatable bonds is 9. The lowest BCUT2D eigenvalue weighted by atomic mass is 10.1. The first kappa shape index (κ1) is 21.9. The number of carbonyl (C=O) groups is 2. The molecule has 2 aromatic rings. The number of benzene rings is 2. The van der Waals surface area contributed by atoms with Crippen LogP contribution in [0.1, 0.15) is 40.7 Å². The second-order valence-corrected chi connectivity index (χ2v) is 8.14. The van der Waals surface area contributed by atoms with Crippen molar-refractivity contribution in [1.29, 1.82) is 0 Å². The van der Waals surface area contributed by atoms with Crippen LogP contribution in [0.25, 0.3) is 0 Å². The molecule has 0 spiro atoms. The summed E-state index contributed by atoms with van der Waals surface area (Å²) in [4.78, 5) is 25.1. The van der Waals surface area contributed by atoms with Crippen LogP contribution in [0.2, 0.25) is 0 Å². The molecule has 1 fully saturated rings. The molecule has 0 aliphatic carbocycles. The predicted molar refractivity (Wildman–Crippen MR) is 118 cm³/mol. The summed E-state index contributed by atoms with van der Waals surface area (Å²) in [6.07, 6.45) is 6.34. The van der Waals surface area contributed by atoms with Gasteiger partial charge in [0.25, 0.3) is 0 Å². The zero-order chi connectivity index (χ0) is 22.5. The van der Waals surface area contributed by atoms with Gasteiger partial charge in [0.1, 0.15) is 0 Å². The SMILES string of the molecule is O=C(O)c1ccc(CCCN2C(=O)CC[C@@H]2C=CC(O)Cc2ccc3c(c2)OCO3)cc1. The number of carboxylic acids is 1. The van der Waals surface area contributed by atoms with Gasteiger partial charge in [0, 0.05) is 19.4 Å². The molecule has 0 saturated carbocycles. The van der Waals surface area contributed by atoms with Crippen molar-refractivity contribution in [3.05, 3.63) is 71.3 Å². The number of hydrogen-bond donors (Lipinski definition) is 2. The van der Waals surface area contributed by atoms with Gasteiger partial charge in [0.15, 0.2) is 11.5 Å². The van der Waals surface area contributed by atoms with E-state index in [2.05, 4.69) is 0 Å².